The topological polar surface area (TPSA) is 14.2 Å². The van der Waals surface area contributed by atoms with Gasteiger partial charge < -0.3 is 0 Å². The molecule has 0 aliphatic rings. The molecule has 0 aromatic rings. The fourth-order valence-electron chi connectivity index (χ4n) is 1.49. The molecule has 0 bridgehead atoms. The lowest BCUT2D eigenvalue weighted by molar-refractivity contribution is -0.928. The molecule has 0 saturated heterocycles. The van der Waals surface area contributed by atoms with E-state index in [1.54, 1.807) is 4.90 Å². The van der Waals surface area contributed by atoms with E-state index in [0.29, 0.717) is 0 Å². The van der Waals surface area contributed by atoms with Gasteiger partial charge in [-0.1, -0.05) is 0 Å². The first-order valence-corrected chi connectivity index (χ1v) is 4.69. The Morgan fingerprint density at radius 2 is 0.846 bits per heavy atom. The second-order valence-electron chi connectivity index (χ2n) is 4.46. The van der Waals surface area contributed by atoms with Gasteiger partial charge in [-0.25, -0.2) is 0 Å². The number of hydrogen-bond acceptors (Lipinski definition) is 3. The van der Waals surface area contributed by atoms with Crippen LogP contribution in [0, 0.1) is 0 Å². The third kappa shape index (κ3) is 8.18. The van der Waals surface area contributed by atoms with Crippen LogP contribution in [-0.4, -0.2) is 77.0 Å². The van der Waals surface area contributed by atoms with Gasteiger partial charge in [0.15, 0.2) is 0 Å². The zero-order chi connectivity index (χ0) is 10.4. The second-order valence-corrected chi connectivity index (χ2v) is 4.46. The lowest BCUT2D eigenvalue weighted by Crippen LogP contribution is -3.15. The van der Waals surface area contributed by atoms with Gasteiger partial charge in [-0.15, -0.1) is 0 Å². The molecule has 4 heteroatoms. The van der Waals surface area contributed by atoms with Crippen LogP contribution in [0.3, 0.4) is 0 Å². The molecule has 4 nitrogen and oxygen atoms in total. The van der Waals surface area contributed by atoms with E-state index in [1.165, 1.54) is 0 Å². The number of quaternary nitrogens is 1. The molecule has 0 rings (SSSR count). The Balaban J connectivity index is 3.87. The van der Waals surface area contributed by atoms with E-state index in [2.05, 4.69) is 57.0 Å². The first-order valence-electron chi connectivity index (χ1n) is 4.69. The minimum absolute atomic E-state index is 1.08. The summed E-state index contributed by atoms with van der Waals surface area (Å²) in [6.07, 6.45) is 0. The van der Waals surface area contributed by atoms with E-state index in [4.69, 9.17) is 0 Å². The molecule has 0 amide bonds. The van der Waals surface area contributed by atoms with Crippen molar-refractivity contribution in [2.45, 2.75) is 0 Å². The summed E-state index contributed by atoms with van der Waals surface area (Å²) in [5.41, 5.74) is 0. The van der Waals surface area contributed by atoms with Gasteiger partial charge >= 0.3 is 0 Å². The Kier molecular flexibility index (Phi) is 6.24. The van der Waals surface area contributed by atoms with E-state index in [9.17, 15) is 0 Å². The van der Waals surface area contributed by atoms with Crippen molar-refractivity contribution in [2.75, 3.05) is 62.3 Å². The van der Waals surface area contributed by atoms with Gasteiger partial charge in [-0.05, 0) is 42.3 Å². The summed E-state index contributed by atoms with van der Waals surface area (Å²) >= 11 is 0. The summed E-state index contributed by atoms with van der Waals surface area (Å²) in [5, 5.41) is 0. The molecule has 80 valence electrons. The highest BCUT2D eigenvalue weighted by molar-refractivity contribution is 4.31. The Morgan fingerprint density at radius 3 is 1.00 bits per heavy atom. The third-order valence-electron chi connectivity index (χ3n) is 1.62. The smallest absolute Gasteiger partial charge is 0.135 e. The van der Waals surface area contributed by atoms with Crippen LogP contribution in [0.25, 0.3) is 0 Å². The van der Waals surface area contributed by atoms with Crippen molar-refractivity contribution in [2.24, 2.45) is 0 Å². The van der Waals surface area contributed by atoms with E-state index in [1.807, 2.05) is 0 Å². The molecule has 0 aliphatic heterocycles. The van der Waals surface area contributed by atoms with E-state index >= 15 is 0 Å². The number of hydrogen-bond donors (Lipinski definition) is 1. The molecule has 0 radical (unpaired) electrons. The third-order valence-corrected chi connectivity index (χ3v) is 1.62. The molecule has 13 heavy (non-hydrogen) atoms. The Bertz CT molecular complexity index is 99.0. The van der Waals surface area contributed by atoms with E-state index in [-0.39, 0.29) is 0 Å². The van der Waals surface area contributed by atoms with Gasteiger partial charge in [0, 0.05) is 0 Å². The van der Waals surface area contributed by atoms with Crippen LogP contribution in [0.5, 0.6) is 0 Å². The normalized spacial score (nSPS) is 12.5. The zero-order valence-corrected chi connectivity index (χ0v) is 9.96. The average molecular weight is 189 g/mol. The van der Waals surface area contributed by atoms with Crippen LogP contribution in [0.1, 0.15) is 0 Å². The number of nitrogens with one attached hydrogen (secondary N) is 1. The standard InChI is InChI=1S/C9H24N4/c1-10(2)7-13(8-11(3)4)9-12(5)6/h7-9H2,1-6H3/p+1. The second kappa shape index (κ2) is 6.32. The molecule has 0 aromatic heterocycles. The quantitative estimate of drug-likeness (QED) is 0.508. The Hall–Kier alpha value is -0.160. The molecule has 0 heterocycles. The van der Waals surface area contributed by atoms with Gasteiger partial charge in [0.25, 0.3) is 0 Å². The summed E-state index contributed by atoms with van der Waals surface area (Å²) in [6.45, 7) is 3.24. The van der Waals surface area contributed by atoms with Crippen molar-refractivity contribution in [1.82, 2.24) is 14.7 Å². The predicted molar refractivity (Wildman–Crippen MR) is 56.6 cm³/mol. The maximum Gasteiger partial charge on any atom is 0.135 e. The Labute approximate surface area is 82.7 Å². The Morgan fingerprint density at radius 1 is 0.615 bits per heavy atom. The van der Waals surface area contributed by atoms with Crippen LogP contribution in [0.15, 0.2) is 0 Å². The predicted octanol–water partition coefficient (Wildman–Crippen LogP) is -1.57. The van der Waals surface area contributed by atoms with Crippen molar-refractivity contribution in [3.63, 3.8) is 0 Å². The van der Waals surface area contributed by atoms with Crippen LogP contribution < -0.4 is 4.90 Å². The molecule has 0 unspecified atom stereocenters. The first kappa shape index (κ1) is 12.8. The molecular weight excluding hydrogens is 164 g/mol. The van der Waals surface area contributed by atoms with E-state index in [0.717, 1.165) is 20.0 Å². The van der Waals surface area contributed by atoms with Crippen molar-refractivity contribution in [1.29, 1.82) is 0 Å². The molecule has 0 fully saturated rings. The molecule has 0 saturated carbocycles. The van der Waals surface area contributed by atoms with Crippen LogP contribution in [0.2, 0.25) is 0 Å². The molecule has 0 aliphatic carbocycles. The molecule has 0 aromatic carbocycles. The lowest BCUT2D eigenvalue weighted by atomic mass is 10.6. The molecule has 1 N–H and O–H groups in total. The molecule has 0 spiro atoms. The van der Waals surface area contributed by atoms with Crippen molar-refractivity contribution in [3.05, 3.63) is 0 Å². The van der Waals surface area contributed by atoms with Crippen molar-refractivity contribution in [3.8, 4) is 0 Å². The number of rotatable bonds is 6. The van der Waals surface area contributed by atoms with Gasteiger partial charge in [0.05, 0.1) is 0 Å². The van der Waals surface area contributed by atoms with Crippen molar-refractivity contribution >= 4 is 0 Å². The molecule has 0 atom stereocenters. The molecular formula is C9H25N4+. The minimum atomic E-state index is 1.08. The van der Waals surface area contributed by atoms with Crippen LogP contribution in [0.4, 0.5) is 0 Å². The fraction of sp³-hybridized carbons (Fsp3) is 1.00. The fourth-order valence-corrected chi connectivity index (χ4v) is 1.49. The lowest BCUT2D eigenvalue weighted by Gasteiger charge is -2.27. The van der Waals surface area contributed by atoms with Crippen molar-refractivity contribution < 1.29 is 4.90 Å². The first-order chi connectivity index (χ1) is 5.91. The summed E-state index contributed by atoms with van der Waals surface area (Å²) in [5.74, 6) is 0. The summed E-state index contributed by atoms with van der Waals surface area (Å²) in [4.78, 5) is 8.23. The van der Waals surface area contributed by atoms with E-state index < -0.39 is 0 Å². The highest BCUT2D eigenvalue weighted by atomic mass is 15.4. The van der Waals surface area contributed by atoms with Crippen LogP contribution >= 0.6 is 0 Å². The van der Waals surface area contributed by atoms with Gasteiger partial charge in [-0.3, -0.25) is 19.6 Å². The highest BCUT2D eigenvalue weighted by Gasteiger charge is 2.10. The van der Waals surface area contributed by atoms with Gasteiger partial charge in [0.2, 0.25) is 0 Å². The summed E-state index contributed by atoms with van der Waals surface area (Å²) in [6, 6.07) is 0. The van der Waals surface area contributed by atoms with Gasteiger partial charge in [0.1, 0.15) is 20.0 Å². The summed E-state index contributed by atoms with van der Waals surface area (Å²) < 4.78 is 0. The van der Waals surface area contributed by atoms with Crippen LogP contribution in [-0.2, 0) is 0 Å². The number of nitrogens with zero attached hydrogens (tertiary/aromatic N) is 3. The maximum atomic E-state index is 2.22. The highest BCUT2D eigenvalue weighted by Crippen LogP contribution is 1.69. The zero-order valence-electron chi connectivity index (χ0n) is 9.96. The largest absolute Gasteiger partial charge is 0.297 e. The summed E-state index contributed by atoms with van der Waals surface area (Å²) in [7, 11) is 12.7. The SMILES string of the molecule is CN(C)C[NH+](CN(C)C)CN(C)C. The maximum absolute atomic E-state index is 2.22. The monoisotopic (exact) mass is 189 g/mol. The van der Waals surface area contributed by atoms with Gasteiger partial charge in [-0.2, -0.15) is 0 Å². The minimum Gasteiger partial charge on any atom is -0.297 e. The average Bonchev–Trinajstić information content (AvgIpc) is 1.80.